The van der Waals surface area contributed by atoms with E-state index in [1.54, 1.807) is 11.3 Å². The van der Waals surface area contributed by atoms with E-state index in [0.717, 1.165) is 22.5 Å². The molecule has 3 nitrogen and oxygen atoms in total. The van der Waals surface area contributed by atoms with E-state index < -0.39 is 0 Å². The summed E-state index contributed by atoms with van der Waals surface area (Å²) in [6.07, 6.45) is 5.51. The van der Waals surface area contributed by atoms with Crippen molar-refractivity contribution >= 4 is 39.0 Å². The number of aromatic nitrogens is 2. The van der Waals surface area contributed by atoms with Crippen LogP contribution < -0.4 is 5.73 Å². The third kappa shape index (κ3) is 1.89. The molecular weight excluding hydrogens is 254 g/mol. The number of nitrogens with two attached hydrogens (primary N) is 1. The number of nitrogen functional groups attached to an aromatic ring is 1. The van der Waals surface area contributed by atoms with Crippen LogP contribution >= 0.6 is 22.9 Å². The summed E-state index contributed by atoms with van der Waals surface area (Å²) in [4.78, 5) is 11.4. The predicted molar refractivity (Wildman–Crippen MR) is 72.9 cm³/mol. The maximum absolute atomic E-state index is 6.07. The zero-order chi connectivity index (χ0) is 11.8. The molecule has 1 aliphatic rings. The number of anilines is 1. The van der Waals surface area contributed by atoms with E-state index in [1.807, 2.05) is 0 Å². The number of thiophene rings is 1. The maximum Gasteiger partial charge on any atom is 0.136 e. The Morgan fingerprint density at radius 1 is 1.24 bits per heavy atom. The first kappa shape index (κ1) is 11.2. The lowest BCUT2D eigenvalue weighted by molar-refractivity contribution is 0.700. The zero-order valence-electron chi connectivity index (χ0n) is 9.50. The molecule has 5 heteroatoms. The summed E-state index contributed by atoms with van der Waals surface area (Å²) >= 11 is 7.50. The molecule has 0 fully saturated rings. The molecule has 0 unspecified atom stereocenters. The van der Waals surface area contributed by atoms with Gasteiger partial charge in [-0.25, -0.2) is 9.97 Å². The second kappa shape index (κ2) is 4.42. The van der Waals surface area contributed by atoms with Gasteiger partial charge < -0.3 is 5.73 Å². The van der Waals surface area contributed by atoms with Gasteiger partial charge in [-0.2, -0.15) is 0 Å². The highest BCUT2D eigenvalue weighted by Crippen LogP contribution is 2.37. The lowest BCUT2D eigenvalue weighted by atomic mass is 9.97. The molecule has 0 spiro atoms. The van der Waals surface area contributed by atoms with Crippen LogP contribution in [-0.4, -0.2) is 15.8 Å². The van der Waals surface area contributed by atoms with Crippen LogP contribution in [0.1, 0.15) is 29.1 Å². The van der Waals surface area contributed by atoms with Crippen LogP contribution in [0.4, 0.5) is 5.82 Å². The second-order valence-electron chi connectivity index (χ2n) is 4.36. The first-order chi connectivity index (χ1) is 8.29. The minimum Gasteiger partial charge on any atom is -0.383 e. The van der Waals surface area contributed by atoms with Crippen molar-refractivity contribution < 1.29 is 0 Å². The van der Waals surface area contributed by atoms with Gasteiger partial charge in [0.05, 0.1) is 5.39 Å². The normalized spacial score (nSPS) is 15.1. The molecule has 0 saturated carbocycles. The fourth-order valence-corrected chi connectivity index (χ4v) is 3.88. The average molecular weight is 268 g/mol. The van der Waals surface area contributed by atoms with Crippen molar-refractivity contribution in [3.8, 4) is 0 Å². The van der Waals surface area contributed by atoms with Crippen LogP contribution in [0.5, 0.6) is 0 Å². The van der Waals surface area contributed by atoms with Gasteiger partial charge in [0.1, 0.15) is 16.5 Å². The van der Waals surface area contributed by atoms with E-state index in [4.69, 9.17) is 17.3 Å². The maximum atomic E-state index is 6.07. The number of halogens is 1. The molecule has 2 aromatic rings. The van der Waals surface area contributed by atoms with E-state index in [0.29, 0.717) is 18.1 Å². The minimum atomic E-state index is 0.538. The molecule has 2 N–H and O–H groups in total. The third-order valence-corrected chi connectivity index (χ3v) is 4.58. The Labute approximate surface area is 109 Å². The molecule has 2 heterocycles. The molecule has 3 rings (SSSR count). The third-order valence-electron chi connectivity index (χ3n) is 3.21. The highest BCUT2D eigenvalue weighted by atomic mass is 35.5. The molecule has 2 aromatic heterocycles. The van der Waals surface area contributed by atoms with Gasteiger partial charge in [-0.15, -0.1) is 22.9 Å². The standard InChI is InChI=1S/C12H14ClN3S/c13-6-5-9-15-11(14)10-7-3-1-2-4-8(7)17-12(10)16-9/h1-6H2,(H2,14,15,16). The Kier molecular flexibility index (Phi) is 2.92. The van der Waals surface area contributed by atoms with Crippen LogP contribution in [0.15, 0.2) is 0 Å². The number of nitrogens with zero attached hydrogens (tertiary/aromatic N) is 2. The van der Waals surface area contributed by atoms with Crippen LogP contribution in [0.3, 0.4) is 0 Å². The van der Waals surface area contributed by atoms with Gasteiger partial charge in [0.15, 0.2) is 0 Å². The minimum absolute atomic E-state index is 0.538. The quantitative estimate of drug-likeness (QED) is 0.851. The molecule has 0 amide bonds. The van der Waals surface area contributed by atoms with Crippen molar-refractivity contribution in [2.24, 2.45) is 0 Å². The van der Waals surface area contributed by atoms with Gasteiger partial charge in [0.25, 0.3) is 0 Å². The molecular formula is C12H14ClN3S. The van der Waals surface area contributed by atoms with Gasteiger partial charge in [0.2, 0.25) is 0 Å². The SMILES string of the molecule is Nc1nc(CCCl)nc2sc3c(c12)CCCC3. The number of rotatable bonds is 2. The lowest BCUT2D eigenvalue weighted by Gasteiger charge is -2.10. The summed E-state index contributed by atoms with van der Waals surface area (Å²) < 4.78 is 0. The molecule has 0 saturated heterocycles. The van der Waals surface area contributed by atoms with Crippen molar-refractivity contribution in [3.63, 3.8) is 0 Å². The van der Waals surface area contributed by atoms with Gasteiger partial charge in [-0.05, 0) is 31.2 Å². The van der Waals surface area contributed by atoms with E-state index in [-0.39, 0.29) is 0 Å². The first-order valence-corrected chi connectivity index (χ1v) is 7.27. The first-order valence-electron chi connectivity index (χ1n) is 5.92. The van der Waals surface area contributed by atoms with Gasteiger partial charge in [0, 0.05) is 17.2 Å². The van der Waals surface area contributed by atoms with Crippen LogP contribution in [-0.2, 0) is 19.3 Å². The number of hydrogen-bond donors (Lipinski definition) is 1. The number of aryl methyl sites for hydroxylation is 3. The Morgan fingerprint density at radius 3 is 2.88 bits per heavy atom. The highest BCUT2D eigenvalue weighted by Gasteiger charge is 2.19. The van der Waals surface area contributed by atoms with Crippen molar-refractivity contribution in [2.45, 2.75) is 32.1 Å². The molecule has 17 heavy (non-hydrogen) atoms. The predicted octanol–water partition coefficient (Wildman–Crippen LogP) is 2.93. The van der Waals surface area contributed by atoms with Crippen molar-refractivity contribution in [2.75, 3.05) is 11.6 Å². The van der Waals surface area contributed by atoms with Crippen molar-refractivity contribution in [1.29, 1.82) is 0 Å². The summed E-state index contributed by atoms with van der Waals surface area (Å²) in [5, 5.41) is 1.10. The Hall–Kier alpha value is -0.870. The highest BCUT2D eigenvalue weighted by molar-refractivity contribution is 7.19. The Balaban J connectivity index is 2.19. The average Bonchev–Trinajstić information content (AvgIpc) is 2.67. The van der Waals surface area contributed by atoms with Gasteiger partial charge >= 0.3 is 0 Å². The smallest absolute Gasteiger partial charge is 0.136 e. The van der Waals surface area contributed by atoms with Gasteiger partial charge in [-0.3, -0.25) is 0 Å². The summed E-state index contributed by atoms with van der Waals surface area (Å²) in [6, 6.07) is 0. The van der Waals surface area contributed by atoms with E-state index in [9.17, 15) is 0 Å². The van der Waals surface area contributed by atoms with Crippen molar-refractivity contribution in [1.82, 2.24) is 9.97 Å². The van der Waals surface area contributed by atoms with Crippen LogP contribution in [0, 0.1) is 0 Å². The fourth-order valence-electron chi connectivity index (χ4n) is 2.43. The zero-order valence-corrected chi connectivity index (χ0v) is 11.1. The summed E-state index contributed by atoms with van der Waals surface area (Å²) in [7, 11) is 0. The molecule has 0 bridgehead atoms. The molecule has 0 aromatic carbocycles. The summed E-state index contributed by atoms with van der Waals surface area (Å²) in [5.74, 6) is 1.94. The second-order valence-corrected chi connectivity index (χ2v) is 5.82. The molecule has 0 radical (unpaired) electrons. The van der Waals surface area contributed by atoms with E-state index in [2.05, 4.69) is 9.97 Å². The Morgan fingerprint density at radius 2 is 2.06 bits per heavy atom. The van der Waals surface area contributed by atoms with E-state index >= 15 is 0 Å². The van der Waals surface area contributed by atoms with Crippen LogP contribution in [0.2, 0.25) is 0 Å². The summed E-state index contributed by atoms with van der Waals surface area (Å²) in [5.41, 5.74) is 7.46. The monoisotopic (exact) mass is 267 g/mol. The fraction of sp³-hybridized carbons (Fsp3) is 0.500. The molecule has 1 aliphatic carbocycles. The topological polar surface area (TPSA) is 51.8 Å². The molecule has 90 valence electrons. The largest absolute Gasteiger partial charge is 0.383 e. The summed E-state index contributed by atoms with van der Waals surface area (Å²) in [6.45, 7) is 0. The van der Waals surface area contributed by atoms with Crippen LogP contribution in [0.25, 0.3) is 10.2 Å². The Bertz CT molecular complexity index is 564. The number of alkyl halides is 1. The molecule has 0 atom stereocenters. The molecule has 0 aliphatic heterocycles. The number of hydrogen-bond acceptors (Lipinski definition) is 4. The van der Waals surface area contributed by atoms with Gasteiger partial charge in [-0.1, -0.05) is 0 Å². The van der Waals surface area contributed by atoms with Crippen molar-refractivity contribution in [3.05, 3.63) is 16.3 Å². The lowest BCUT2D eigenvalue weighted by Crippen LogP contribution is -2.03. The number of fused-ring (bicyclic) bond motifs is 3. The van der Waals surface area contributed by atoms with E-state index in [1.165, 1.54) is 29.7 Å².